The van der Waals surface area contributed by atoms with Gasteiger partial charge in [0.2, 0.25) is 10.0 Å². The largest absolute Gasteiger partial charge is 0.481 e. The van der Waals surface area contributed by atoms with Gasteiger partial charge in [-0.3, -0.25) is 9.59 Å². The van der Waals surface area contributed by atoms with Gasteiger partial charge in [-0.15, -0.1) is 0 Å². The van der Waals surface area contributed by atoms with E-state index in [2.05, 4.69) is 0 Å². The van der Waals surface area contributed by atoms with Crippen LogP contribution in [0.4, 0.5) is 0 Å². The lowest BCUT2D eigenvalue weighted by molar-refractivity contribution is -0.139. The molecule has 1 aromatic rings. The molecule has 1 saturated heterocycles. The van der Waals surface area contributed by atoms with Gasteiger partial charge < -0.3 is 5.11 Å². The first-order chi connectivity index (χ1) is 10.8. The number of aliphatic carboxylic acids is 1. The first-order valence-electron chi connectivity index (χ1n) is 7.60. The van der Waals surface area contributed by atoms with E-state index in [1.54, 1.807) is 0 Å². The van der Waals surface area contributed by atoms with Crippen molar-refractivity contribution in [3.63, 3.8) is 0 Å². The summed E-state index contributed by atoms with van der Waals surface area (Å²) < 4.78 is 26.7. The van der Waals surface area contributed by atoms with Gasteiger partial charge in [-0.25, -0.2) is 8.42 Å². The maximum absolute atomic E-state index is 12.6. The number of ketones is 1. The van der Waals surface area contributed by atoms with Gasteiger partial charge in [0.25, 0.3) is 0 Å². The Bertz CT molecular complexity index is 745. The predicted octanol–water partition coefficient (Wildman–Crippen LogP) is 1.76. The van der Waals surface area contributed by atoms with Crippen molar-refractivity contribution in [1.82, 2.24) is 4.31 Å². The summed E-state index contributed by atoms with van der Waals surface area (Å²) in [5.74, 6) is -1.20. The Hall–Kier alpha value is -1.73. The average molecular weight is 337 g/mol. The van der Waals surface area contributed by atoms with Crippen molar-refractivity contribution in [1.29, 1.82) is 0 Å². The van der Waals surface area contributed by atoms with E-state index in [4.69, 9.17) is 5.11 Å². The summed E-state index contributed by atoms with van der Waals surface area (Å²) in [5, 5.41) is 9.09. The predicted molar refractivity (Wildman–Crippen MR) is 82.6 cm³/mol. The smallest absolute Gasteiger partial charge is 0.307 e. The van der Waals surface area contributed by atoms with Gasteiger partial charge >= 0.3 is 5.97 Å². The Kier molecular flexibility index (Phi) is 3.80. The summed E-state index contributed by atoms with van der Waals surface area (Å²) in [6.45, 7) is 2.13. The lowest BCUT2D eigenvalue weighted by Crippen LogP contribution is -2.39. The van der Waals surface area contributed by atoms with Gasteiger partial charge in [0.15, 0.2) is 5.78 Å². The van der Waals surface area contributed by atoms with E-state index >= 15 is 0 Å². The van der Waals surface area contributed by atoms with E-state index in [9.17, 15) is 18.0 Å². The molecule has 0 aromatic heterocycles. The van der Waals surface area contributed by atoms with Crippen molar-refractivity contribution in [2.24, 2.45) is 11.3 Å². The summed E-state index contributed by atoms with van der Waals surface area (Å²) in [7, 11) is -3.59. The van der Waals surface area contributed by atoms with Crippen LogP contribution in [0.1, 0.15) is 36.5 Å². The second-order valence-electron chi connectivity index (χ2n) is 6.44. The third-order valence-corrected chi connectivity index (χ3v) is 7.02. The van der Waals surface area contributed by atoms with Crippen LogP contribution in [-0.2, 0) is 14.8 Å². The lowest BCUT2D eigenvalue weighted by atomic mass is 9.92. The quantitative estimate of drug-likeness (QED) is 0.845. The van der Waals surface area contributed by atoms with Crippen LogP contribution >= 0.6 is 0 Å². The van der Waals surface area contributed by atoms with Crippen LogP contribution in [0, 0.1) is 11.3 Å². The first-order valence-corrected chi connectivity index (χ1v) is 9.04. The van der Waals surface area contributed by atoms with Gasteiger partial charge in [-0.05, 0) is 43.7 Å². The van der Waals surface area contributed by atoms with Crippen LogP contribution in [-0.4, -0.2) is 42.7 Å². The minimum Gasteiger partial charge on any atom is -0.481 e. The minimum absolute atomic E-state index is 0.109. The molecular weight excluding hydrogens is 318 g/mol. The van der Waals surface area contributed by atoms with Crippen LogP contribution in [0.5, 0.6) is 0 Å². The van der Waals surface area contributed by atoms with Crippen LogP contribution in [0.2, 0.25) is 0 Å². The van der Waals surface area contributed by atoms with Crippen molar-refractivity contribution in [2.45, 2.75) is 31.1 Å². The Morgan fingerprint density at radius 2 is 1.74 bits per heavy atom. The zero-order valence-corrected chi connectivity index (χ0v) is 13.7. The van der Waals surface area contributed by atoms with E-state index in [-0.39, 0.29) is 22.0 Å². The van der Waals surface area contributed by atoms with E-state index in [0.29, 0.717) is 37.9 Å². The second-order valence-corrected chi connectivity index (χ2v) is 8.38. The highest BCUT2D eigenvalue weighted by molar-refractivity contribution is 7.89. The summed E-state index contributed by atoms with van der Waals surface area (Å²) in [4.78, 5) is 22.5. The number of hydrogen-bond donors (Lipinski definition) is 1. The number of Topliss-reactive ketones (excluding diaryl/α,β-unsaturated/α-hetero) is 1. The molecule has 1 spiro atoms. The monoisotopic (exact) mass is 337 g/mol. The highest BCUT2D eigenvalue weighted by Gasteiger charge is 2.59. The highest BCUT2D eigenvalue weighted by Crippen LogP contribution is 2.59. The van der Waals surface area contributed by atoms with Gasteiger partial charge in [0.1, 0.15) is 0 Å². The summed E-state index contributed by atoms with van der Waals surface area (Å²) in [5.41, 5.74) is 0.278. The molecule has 7 heteroatoms. The van der Waals surface area contributed by atoms with Crippen molar-refractivity contribution < 1.29 is 23.1 Å². The molecule has 1 saturated carbocycles. The molecule has 1 atom stereocenters. The maximum Gasteiger partial charge on any atom is 0.307 e. The number of piperidine rings is 1. The highest BCUT2D eigenvalue weighted by atomic mass is 32.2. The van der Waals surface area contributed by atoms with Crippen molar-refractivity contribution in [2.75, 3.05) is 13.1 Å². The van der Waals surface area contributed by atoms with Crippen LogP contribution < -0.4 is 0 Å². The molecule has 124 valence electrons. The molecule has 1 N–H and O–H groups in total. The van der Waals surface area contributed by atoms with Gasteiger partial charge in [0.05, 0.1) is 10.8 Å². The van der Waals surface area contributed by atoms with E-state index in [1.807, 2.05) is 0 Å². The molecule has 1 aliphatic heterocycles. The Balaban J connectivity index is 1.72. The number of carbonyl (C=O) groups excluding carboxylic acids is 1. The summed E-state index contributed by atoms with van der Waals surface area (Å²) in [6.07, 6.45) is 1.84. The SMILES string of the molecule is CC(=O)c1ccc(S(=O)(=O)N2CCC3(CC2)CC3C(=O)O)cc1. The number of carboxylic acids is 1. The van der Waals surface area contributed by atoms with Gasteiger partial charge in [-0.1, -0.05) is 12.1 Å². The molecule has 1 aromatic carbocycles. The number of benzene rings is 1. The van der Waals surface area contributed by atoms with E-state index in [0.717, 1.165) is 0 Å². The Labute approximate surface area is 135 Å². The standard InChI is InChI=1S/C16H19NO5S/c1-11(18)12-2-4-13(5-3-12)23(21,22)17-8-6-16(7-9-17)10-14(16)15(19)20/h2-5,14H,6-10H2,1H3,(H,19,20). The summed E-state index contributed by atoms with van der Waals surface area (Å²) >= 11 is 0. The van der Waals surface area contributed by atoms with Crippen LogP contribution in [0.25, 0.3) is 0 Å². The molecule has 23 heavy (non-hydrogen) atoms. The average Bonchev–Trinajstić information content (AvgIpc) is 3.22. The molecule has 1 aliphatic carbocycles. The van der Waals surface area contributed by atoms with Crippen LogP contribution in [0.3, 0.4) is 0 Å². The zero-order valence-electron chi connectivity index (χ0n) is 12.9. The molecule has 2 aliphatic rings. The number of rotatable bonds is 4. The van der Waals surface area contributed by atoms with E-state index < -0.39 is 16.0 Å². The van der Waals surface area contributed by atoms with Crippen molar-refractivity contribution >= 4 is 21.8 Å². The lowest BCUT2D eigenvalue weighted by Gasteiger charge is -2.31. The number of carbonyl (C=O) groups is 2. The molecule has 1 unspecified atom stereocenters. The summed E-state index contributed by atoms with van der Waals surface area (Å²) in [6, 6.07) is 5.94. The Morgan fingerprint density at radius 3 is 2.17 bits per heavy atom. The molecule has 1 heterocycles. The first kappa shape index (κ1) is 16.1. The number of nitrogens with zero attached hydrogens (tertiary/aromatic N) is 1. The zero-order chi connectivity index (χ0) is 16.8. The third kappa shape index (κ3) is 2.79. The number of sulfonamides is 1. The van der Waals surface area contributed by atoms with Gasteiger partial charge in [-0.2, -0.15) is 4.31 Å². The molecule has 0 radical (unpaired) electrons. The maximum atomic E-state index is 12.6. The normalized spacial score (nSPS) is 23.6. The third-order valence-electron chi connectivity index (χ3n) is 5.10. The molecule has 6 nitrogen and oxygen atoms in total. The molecule has 2 fully saturated rings. The van der Waals surface area contributed by atoms with Crippen molar-refractivity contribution in [3.05, 3.63) is 29.8 Å². The van der Waals surface area contributed by atoms with Crippen molar-refractivity contribution in [3.8, 4) is 0 Å². The number of hydrogen-bond acceptors (Lipinski definition) is 4. The minimum atomic E-state index is -3.59. The molecule has 0 bridgehead atoms. The molecule has 3 rings (SSSR count). The topological polar surface area (TPSA) is 91.8 Å². The molecular formula is C16H19NO5S. The fourth-order valence-corrected chi connectivity index (χ4v) is 4.87. The van der Waals surface area contributed by atoms with Crippen LogP contribution in [0.15, 0.2) is 29.2 Å². The fourth-order valence-electron chi connectivity index (χ4n) is 3.43. The Morgan fingerprint density at radius 1 is 1.17 bits per heavy atom. The second kappa shape index (κ2) is 5.42. The number of carboxylic acid groups (broad SMARTS) is 1. The van der Waals surface area contributed by atoms with Gasteiger partial charge in [0, 0.05) is 18.7 Å². The molecule has 0 amide bonds. The van der Waals surface area contributed by atoms with E-state index in [1.165, 1.54) is 35.5 Å². The fraction of sp³-hybridized carbons (Fsp3) is 0.500.